The molecule has 1 aliphatic rings. The standard InChI is InChI=1S/C12H14O3/c1-12(7-8-15-11(12)14)10(13)9-5-3-2-4-6-9/h2-6,10,13H,7-8H2,1H3. The minimum Gasteiger partial charge on any atom is -0.465 e. The van der Waals surface area contributed by atoms with Crippen LogP contribution in [-0.2, 0) is 9.53 Å². The first-order valence-corrected chi connectivity index (χ1v) is 5.05. The van der Waals surface area contributed by atoms with E-state index in [2.05, 4.69) is 0 Å². The van der Waals surface area contributed by atoms with Crippen LogP contribution in [-0.4, -0.2) is 17.7 Å². The van der Waals surface area contributed by atoms with E-state index in [9.17, 15) is 9.90 Å². The molecule has 1 N–H and O–H groups in total. The number of carbonyl (C=O) groups is 1. The van der Waals surface area contributed by atoms with Crippen molar-refractivity contribution in [2.75, 3.05) is 6.61 Å². The van der Waals surface area contributed by atoms with Crippen molar-refractivity contribution >= 4 is 5.97 Å². The summed E-state index contributed by atoms with van der Waals surface area (Å²) in [5.74, 6) is -0.307. The highest BCUT2D eigenvalue weighted by atomic mass is 16.5. The Bertz CT molecular complexity index is 360. The van der Waals surface area contributed by atoms with Crippen molar-refractivity contribution in [3.8, 4) is 0 Å². The zero-order chi connectivity index (χ0) is 10.9. The smallest absolute Gasteiger partial charge is 0.314 e. The number of aliphatic hydroxyl groups excluding tert-OH is 1. The second-order valence-corrected chi connectivity index (χ2v) is 4.12. The number of aliphatic hydroxyl groups is 1. The molecule has 3 nitrogen and oxygen atoms in total. The fourth-order valence-electron chi connectivity index (χ4n) is 1.87. The van der Waals surface area contributed by atoms with E-state index in [4.69, 9.17) is 4.74 Å². The van der Waals surface area contributed by atoms with E-state index in [1.54, 1.807) is 6.92 Å². The van der Waals surface area contributed by atoms with E-state index >= 15 is 0 Å². The Morgan fingerprint density at radius 3 is 2.60 bits per heavy atom. The molecule has 0 radical (unpaired) electrons. The summed E-state index contributed by atoms with van der Waals surface area (Å²) in [5.41, 5.74) is -0.0275. The Morgan fingerprint density at radius 1 is 1.40 bits per heavy atom. The van der Waals surface area contributed by atoms with Gasteiger partial charge >= 0.3 is 5.97 Å². The van der Waals surface area contributed by atoms with Gasteiger partial charge in [-0.2, -0.15) is 0 Å². The predicted molar refractivity (Wildman–Crippen MR) is 55.1 cm³/mol. The average Bonchev–Trinajstić information content (AvgIpc) is 2.61. The summed E-state index contributed by atoms with van der Waals surface area (Å²) in [6, 6.07) is 9.22. The van der Waals surface area contributed by atoms with E-state index in [-0.39, 0.29) is 5.97 Å². The van der Waals surface area contributed by atoms with Crippen molar-refractivity contribution < 1.29 is 14.6 Å². The van der Waals surface area contributed by atoms with E-state index < -0.39 is 11.5 Å². The van der Waals surface area contributed by atoms with Crippen molar-refractivity contribution in [1.29, 1.82) is 0 Å². The third kappa shape index (κ3) is 1.63. The van der Waals surface area contributed by atoms with E-state index in [0.717, 1.165) is 5.56 Å². The Morgan fingerprint density at radius 2 is 2.07 bits per heavy atom. The molecule has 3 heteroatoms. The molecule has 1 aromatic rings. The van der Waals surface area contributed by atoms with Crippen LogP contribution in [0.2, 0.25) is 0 Å². The van der Waals surface area contributed by atoms with Crippen molar-refractivity contribution in [2.24, 2.45) is 5.41 Å². The lowest BCUT2D eigenvalue weighted by molar-refractivity contribution is -0.150. The Balaban J connectivity index is 2.28. The fraction of sp³-hybridized carbons (Fsp3) is 0.417. The molecule has 15 heavy (non-hydrogen) atoms. The summed E-state index contributed by atoms with van der Waals surface area (Å²) in [6.07, 6.45) is -0.212. The summed E-state index contributed by atoms with van der Waals surface area (Å²) >= 11 is 0. The maximum atomic E-state index is 11.5. The summed E-state index contributed by atoms with van der Waals surface area (Å²) in [5, 5.41) is 10.1. The SMILES string of the molecule is CC1(C(O)c2ccccc2)CCOC1=O. The first-order chi connectivity index (χ1) is 7.14. The van der Waals surface area contributed by atoms with Crippen LogP contribution in [0.4, 0.5) is 0 Å². The monoisotopic (exact) mass is 206 g/mol. The number of benzene rings is 1. The number of ether oxygens (including phenoxy) is 1. The van der Waals surface area contributed by atoms with Crippen molar-refractivity contribution in [3.05, 3.63) is 35.9 Å². The van der Waals surface area contributed by atoms with Gasteiger partial charge in [0.25, 0.3) is 0 Å². The Labute approximate surface area is 88.7 Å². The third-order valence-electron chi connectivity index (χ3n) is 3.04. The van der Waals surface area contributed by atoms with Gasteiger partial charge in [-0.3, -0.25) is 4.79 Å². The number of hydrogen-bond acceptors (Lipinski definition) is 3. The predicted octanol–water partition coefficient (Wildman–Crippen LogP) is 1.67. The average molecular weight is 206 g/mol. The minimum absolute atomic E-state index is 0.307. The molecule has 0 aromatic heterocycles. The molecule has 0 spiro atoms. The zero-order valence-corrected chi connectivity index (χ0v) is 8.64. The quantitative estimate of drug-likeness (QED) is 0.749. The topological polar surface area (TPSA) is 46.5 Å². The molecule has 0 amide bonds. The van der Waals surface area contributed by atoms with Crippen LogP contribution in [0.15, 0.2) is 30.3 Å². The fourth-order valence-corrected chi connectivity index (χ4v) is 1.87. The number of rotatable bonds is 2. The minimum atomic E-state index is -0.790. The highest BCUT2D eigenvalue weighted by Crippen LogP contribution is 2.41. The second-order valence-electron chi connectivity index (χ2n) is 4.12. The molecule has 1 saturated heterocycles. The lowest BCUT2D eigenvalue weighted by Crippen LogP contribution is -2.30. The molecular weight excluding hydrogens is 192 g/mol. The van der Waals surface area contributed by atoms with Crippen molar-refractivity contribution in [3.63, 3.8) is 0 Å². The molecule has 80 valence electrons. The zero-order valence-electron chi connectivity index (χ0n) is 8.64. The van der Waals surface area contributed by atoms with Gasteiger partial charge in [-0.1, -0.05) is 30.3 Å². The van der Waals surface area contributed by atoms with Crippen molar-refractivity contribution in [1.82, 2.24) is 0 Å². The maximum Gasteiger partial charge on any atom is 0.314 e. The number of esters is 1. The van der Waals surface area contributed by atoms with Crippen LogP contribution < -0.4 is 0 Å². The lowest BCUT2D eigenvalue weighted by Gasteiger charge is -2.25. The van der Waals surface area contributed by atoms with Gasteiger partial charge in [-0.15, -0.1) is 0 Å². The number of cyclic esters (lactones) is 1. The summed E-state index contributed by atoms with van der Waals surface area (Å²) in [4.78, 5) is 11.5. The van der Waals surface area contributed by atoms with Gasteiger partial charge in [0.1, 0.15) is 0 Å². The van der Waals surface area contributed by atoms with Crippen molar-refractivity contribution in [2.45, 2.75) is 19.4 Å². The van der Waals surface area contributed by atoms with E-state index in [1.165, 1.54) is 0 Å². The molecule has 1 heterocycles. The van der Waals surface area contributed by atoms with E-state index in [1.807, 2.05) is 30.3 Å². The van der Waals surface area contributed by atoms with Gasteiger partial charge in [-0.25, -0.2) is 0 Å². The molecule has 1 aromatic carbocycles. The molecule has 2 unspecified atom stereocenters. The second kappa shape index (κ2) is 3.66. The first kappa shape index (κ1) is 10.2. The summed E-state index contributed by atoms with van der Waals surface area (Å²) in [7, 11) is 0. The molecule has 1 aliphatic heterocycles. The number of carbonyl (C=O) groups excluding carboxylic acids is 1. The molecule has 0 bridgehead atoms. The van der Waals surface area contributed by atoms with Crippen LogP contribution >= 0.6 is 0 Å². The molecule has 0 saturated carbocycles. The lowest BCUT2D eigenvalue weighted by atomic mass is 9.79. The van der Waals surface area contributed by atoms with E-state index in [0.29, 0.717) is 13.0 Å². The van der Waals surface area contributed by atoms with Gasteiger partial charge in [0, 0.05) is 6.42 Å². The normalized spacial score (nSPS) is 27.5. The van der Waals surface area contributed by atoms with Gasteiger partial charge in [0.2, 0.25) is 0 Å². The molecule has 2 rings (SSSR count). The molecule has 1 fully saturated rings. The van der Waals surface area contributed by atoms with Crippen LogP contribution in [0, 0.1) is 5.41 Å². The summed E-state index contributed by atoms with van der Waals surface area (Å²) < 4.78 is 4.91. The first-order valence-electron chi connectivity index (χ1n) is 5.05. The largest absolute Gasteiger partial charge is 0.465 e. The third-order valence-corrected chi connectivity index (χ3v) is 3.04. The highest BCUT2D eigenvalue weighted by Gasteiger charge is 2.46. The Kier molecular flexibility index (Phi) is 2.49. The summed E-state index contributed by atoms with van der Waals surface area (Å²) in [6.45, 7) is 2.15. The van der Waals surface area contributed by atoms with Gasteiger partial charge in [0.15, 0.2) is 0 Å². The van der Waals surface area contributed by atoms with Gasteiger partial charge in [0.05, 0.1) is 18.1 Å². The maximum absolute atomic E-state index is 11.5. The Hall–Kier alpha value is -1.35. The van der Waals surface area contributed by atoms with Gasteiger partial charge < -0.3 is 9.84 Å². The van der Waals surface area contributed by atoms with Gasteiger partial charge in [-0.05, 0) is 12.5 Å². The number of hydrogen-bond donors (Lipinski definition) is 1. The molecular formula is C12H14O3. The molecule has 0 aliphatic carbocycles. The van der Waals surface area contributed by atoms with Crippen LogP contribution in [0.3, 0.4) is 0 Å². The highest BCUT2D eigenvalue weighted by molar-refractivity contribution is 5.79. The molecule has 2 atom stereocenters. The van der Waals surface area contributed by atoms with Crippen LogP contribution in [0.1, 0.15) is 25.0 Å². The van der Waals surface area contributed by atoms with Crippen LogP contribution in [0.25, 0.3) is 0 Å². The van der Waals surface area contributed by atoms with Crippen LogP contribution in [0.5, 0.6) is 0 Å².